The third-order valence-electron chi connectivity index (χ3n) is 9.21. The number of aromatic nitrogens is 3. The van der Waals surface area contributed by atoms with Gasteiger partial charge in [-0.15, -0.1) is 0 Å². The van der Waals surface area contributed by atoms with Crippen molar-refractivity contribution < 1.29 is 0 Å². The van der Waals surface area contributed by atoms with Gasteiger partial charge in [0.05, 0.1) is 16.7 Å². The molecule has 0 fully saturated rings. The first-order chi connectivity index (χ1) is 24.3. The van der Waals surface area contributed by atoms with Crippen molar-refractivity contribution in [3.05, 3.63) is 188 Å². The van der Waals surface area contributed by atoms with E-state index < -0.39 is 0 Å². The van der Waals surface area contributed by atoms with E-state index in [0.717, 1.165) is 55.6 Å². The molecule has 49 heavy (non-hydrogen) atoms. The van der Waals surface area contributed by atoms with Gasteiger partial charge in [-0.2, -0.15) is 0 Å². The fourth-order valence-corrected chi connectivity index (χ4v) is 6.82. The summed E-state index contributed by atoms with van der Waals surface area (Å²) in [7, 11) is 0. The van der Waals surface area contributed by atoms with Crippen LogP contribution >= 0.6 is 0 Å². The highest BCUT2D eigenvalue weighted by Gasteiger charge is 2.21. The van der Waals surface area contributed by atoms with E-state index >= 15 is 0 Å². The van der Waals surface area contributed by atoms with Crippen molar-refractivity contribution in [3.63, 3.8) is 0 Å². The second kappa shape index (κ2) is 12.2. The normalized spacial score (nSPS) is 11.3. The van der Waals surface area contributed by atoms with Gasteiger partial charge in [0.1, 0.15) is 5.52 Å². The molecule has 2 aromatic heterocycles. The quantitative estimate of drug-likeness (QED) is 0.184. The second-order valence-corrected chi connectivity index (χ2v) is 12.3. The van der Waals surface area contributed by atoms with E-state index in [0.29, 0.717) is 5.82 Å². The highest BCUT2D eigenvalue weighted by Crippen LogP contribution is 2.39. The van der Waals surface area contributed by atoms with Gasteiger partial charge in [0, 0.05) is 22.2 Å². The zero-order valence-electron chi connectivity index (χ0n) is 26.7. The zero-order valence-corrected chi connectivity index (χ0v) is 26.7. The predicted octanol–water partition coefficient (Wildman–Crippen LogP) is 11.9. The van der Waals surface area contributed by atoms with Gasteiger partial charge in [0.2, 0.25) is 0 Å². The summed E-state index contributed by atoms with van der Waals surface area (Å²) in [6.45, 7) is 0. The summed E-state index contributed by atoms with van der Waals surface area (Å²) >= 11 is 0. The van der Waals surface area contributed by atoms with Gasteiger partial charge in [-0.05, 0) is 63.7 Å². The molecule has 0 aliphatic carbocycles. The fourth-order valence-electron chi connectivity index (χ4n) is 6.82. The molecule has 9 rings (SSSR count). The second-order valence-electron chi connectivity index (χ2n) is 12.3. The Morgan fingerprint density at radius 2 is 0.816 bits per heavy atom. The molecule has 3 nitrogen and oxygen atoms in total. The third-order valence-corrected chi connectivity index (χ3v) is 9.21. The molecule has 2 heterocycles. The van der Waals surface area contributed by atoms with Crippen LogP contribution in [0.3, 0.4) is 0 Å². The molecular formula is C46H31N3. The molecule has 7 aromatic carbocycles. The number of rotatable bonds is 6. The van der Waals surface area contributed by atoms with Gasteiger partial charge in [0.15, 0.2) is 5.82 Å². The Bertz CT molecular complexity index is 2570. The largest absolute Gasteiger partial charge is 0.306 e. The van der Waals surface area contributed by atoms with Crippen molar-refractivity contribution in [3.8, 4) is 61.7 Å². The lowest BCUT2D eigenvalue weighted by molar-refractivity contribution is 1.15. The monoisotopic (exact) mass is 625 g/mol. The molecule has 0 N–H and O–H groups in total. The van der Waals surface area contributed by atoms with E-state index in [-0.39, 0.29) is 0 Å². The first-order valence-electron chi connectivity index (χ1n) is 16.6. The van der Waals surface area contributed by atoms with Crippen LogP contribution in [-0.4, -0.2) is 14.5 Å². The summed E-state index contributed by atoms with van der Waals surface area (Å²) in [6, 6.07) is 66.1. The Balaban J connectivity index is 1.23. The highest BCUT2D eigenvalue weighted by molar-refractivity contribution is 6.11. The molecule has 0 bridgehead atoms. The van der Waals surface area contributed by atoms with Gasteiger partial charge in [-0.3, -0.25) is 0 Å². The number of hydrogen-bond acceptors (Lipinski definition) is 2. The van der Waals surface area contributed by atoms with Crippen molar-refractivity contribution in [2.75, 3.05) is 0 Å². The van der Waals surface area contributed by atoms with Crippen LogP contribution in [0.1, 0.15) is 0 Å². The molecule has 0 unspecified atom stereocenters. The Morgan fingerprint density at radius 1 is 0.347 bits per heavy atom. The first-order valence-corrected chi connectivity index (χ1v) is 16.6. The number of benzene rings is 7. The van der Waals surface area contributed by atoms with Crippen LogP contribution < -0.4 is 0 Å². The first kappa shape index (κ1) is 28.6. The molecule has 9 aromatic rings. The van der Waals surface area contributed by atoms with Crippen molar-refractivity contribution in [1.29, 1.82) is 0 Å². The Morgan fingerprint density at radius 3 is 1.45 bits per heavy atom. The van der Waals surface area contributed by atoms with Crippen LogP contribution in [-0.2, 0) is 0 Å². The minimum absolute atomic E-state index is 0.702. The van der Waals surface area contributed by atoms with Crippen molar-refractivity contribution in [2.45, 2.75) is 0 Å². The molecule has 0 aliphatic heterocycles. The number of para-hydroxylation sites is 2. The lowest BCUT2D eigenvalue weighted by Gasteiger charge is -2.13. The minimum Gasteiger partial charge on any atom is -0.306 e. The van der Waals surface area contributed by atoms with Crippen LogP contribution in [0.2, 0.25) is 0 Å². The van der Waals surface area contributed by atoms with E-state index in [9.17, 15) is 0 Å². The standard InChI is InChI=1S/C46H31N3/c1-4-14-32(15-5-1)36-18-12-19-37(30-36)34-26-28-35(29-27-34)46-47-43(39-21-13-20-38(31-39)33-16-6-2-7-17-33)45-44(48-46)41-24-10-11-25-42(41)49(45)40-22-8-3-9-23-40/h1-31H. The number of nitrogens with zero attached hydrogens (tertiary/aromatic N) is 3. The van der Waals surface area contributed by atoms with Crippen LogP contribution in [0.4, 0.5) is 0 Å². The summed E-state index contributed by atoms with van der Waals surface area (Å²) in [5, 5.41) is 1.10. The van der Waals surface area contributed by atoms with E-state index in [1.165, 1.54) is 22.3 Å². The predicted molar refractivity (Wildman–Crippen MR) is 204 cm³/mol. The van der Waals surface area contributed by atoms with Gasteiger partial charge in [0.25, 0.3) is 0 Å². The molecule has 3 heteroatoms. The topological polar surface area (TPSA) is 30.7 Å². The molecule has 230 valence electrons. The number of fused-ring (bicyclic) bond motifs is 3. The highest BCUT2D eigenvalue weighted by atomic mass is 15.0. The Labute approximate surface area is 285 Å². The van der Waals surface area contributed by atoms with Crippen molar-refractivity contribution in [2.24, 2.45) is 0 Å². The van der Waals surface area contributed by atoms with Crippen LogP contribution in [0.15, 0.2) is 188 Å². The summed E-state index contributed by atoms with van der Waals surface area (Å²) in [6.07, 6.45) is 0. The maximum atomic E-state index is 5.38. The number of hydrogen-bond donors (Lipinski definition) is 0. The third kappa shape index (κ3) is 5.28. The SMILES string of the molecule is c1ccc(-c2cccc(-c3ccc(-c4nc(-c5cccc(-c6ccccc6)c5)c5c(n4)c4ccccc4n5-c4ccccc4)cc3)c2)cc1. The molecule has 0 saturated heterocycles. The summed E-state index contributed by atoms with van der Waals surface area (Å²) in [4.78, 5) is 10.7. The van der Waals surface area contributed by atoms with E-state index in [4.69, 9.17) is 9.97 Å². The van der Waals surface area contributed by atoms with Crippen LogP contribution in [0.5, 0.6) is 0 Å². The molecule has 0 atom stereocenters. The lowest BCUT2D eigenvalue weighted by atomic mass is 9.98. The zero-order chi connectivity index (χ0) is 32.6. The summed E-state index contributed by atoms with van der Waals surface area (Å²) in [5.74, 6) is 0.702. The molecule has 0 aliphatic rings. The maximum absolute atomic E-state index is 5.38. The van der Waals surface area contributed by atoms with Gasteiger partial charge >= 0.3 is 0 Å². The average molecular weight is 626 g/mol. The van der Waals surface area contributed by atoms with E-state index in [2.05, 4.69) is 193 Å². The van der Waals surface area contributed by atoms with E-state index in [1.807, 2.05) is 0 Å². The smallest absolute Gasteiger partial charge is 0.160 e. The van der Waals surface area contributed by atoms with E-state index in [1.54, 1.807) is 0 Å². The van der Waals surface area contributed by atoms with Crippen LogP contribution in [0, 0.1) is 0 Å². The molecule has 0 spiro atoms. The Hall–Kier alpha value is -6.58. The lowest BCUT2D eigenvalue weighted by Crippen LogP contribution is -2.00. The molecular weight excluding hydrogens is 595 g/mol. The minimum atomic E-state index is 0.702. The van der Waals surface area contributed by atoms with Gasteiger partial charge in [-0.25, -0.2) is 9.97 Å². The molecule has 0 amide bonds. The van der Waals surface area contributed by atoms with Gasteiger partial charge < -0.3 is 4.57 Å². The Kier molecular flexibility index (Phi) is 7.14. The van der Waals surface area contributed by atoms with Gasteiger partial charge in [-0.1, -0.05) is 158 Å². The molecule has 0 radical (unpaired) electrons. The average Bonchev–Trinajstić information content (AvgIpc) is 3.53. The maximum Gasteiger partial charge on any atom is 0.160 e. The fraction of sp³-hybridized carbons (Fsp3) is 0. The van der Waals surface area contributed by atoms with Crippen molar-refractivity contribution in [1.82, 2.24) is 14.5 Å². The summed E-state index contributed by atoms with van der Waals surface area (Å²) in [5.41, 5.74) is 14.1. The summed E-state index contributed by atoms with van der Waals surface area (Å²) < 4.78 is 2.31. The molecule has 0 saturated carbocycles. The van der Waals surface area contributed by atoms with Crippen LogP contribution in [0.25, 0.3) is 83.6 Å². The van der Waals surface area contributed by atoms with Crippen molar-refractivity contribution >= 4 is 21.9 Å².